The molecule has 0 saturated heterocycles. The molecule has 1 heterocycles. The summed E-state index contributed by atoms with van der Waals surface area (Å²) in [4.78, 5) is 6.87. The second kappa shape index (κ2) is 6.24. The lowest BCUT2D eigenvalue weighted by Crippen LogP contribution is -2.34. The summed E-state index contributed by atoms with van der Waals surface area (Å²) >= 11 is 3.43. The Morgan fingerprint density at radius 1 is 1.25 bits per heavy atom. The summed E-state index contributed by atoms with van der Waals surface area (Å²) in [5.41, 5.74) is 1.22. The molecular formula is C13H21BrN2. The Hall–Kier alpha value is -0.570. The Bertz CT molecular complexity index is 306. The van der Waals surface area contributed by atoms with Gasteiger partial charge >= 0.3 is 0 Å². The van der Waals surface area contributed by atoms with Crippen LogP contribution in [-0.2, 0) is 5.33 Å². The summed E-state index contributed by atoms with van der Waals surface area (Å²) in [6, 6.07) is 4.73. The normalized spacial score (nSPS) is 11.2. The quantitative estimate of drug-likeness (QED) is 0.764. The van der Waals surface area contributed by atoms with Crippen LogP contribution in [0.1, 0.15) is 33.3 Å². The Kier molecular flexibility index (Phi) is 5.26. The molecule has 0 radical (unpaired) electrons. The van der Waals surface area contributed by atoms with Gasteiger partial charge in [0, 0.05) is 24.1 Å². The van der Waals surface area contributed by atoms with Crippen molar-refractivity contribution >= 4 is 21.7 Å². The van der Waals surface area contributed by atoms with E-state index in [1.54, 1.807) is 0 Å². The van der Waals surface area contributed by atoms with Crippen molar-refractivity contribution in [2.45, 2.75) is 39.1 Å². The second-order valence-electron chi connectivity index (χ2n) is 4.80. The van der Waals surface area contributed by atoms with Gasteiger partial charge in [-0.25, -0.2) is 4.98 Å². The zero-order chi connectivity index (χ0) is 12.1. The first-order valence-electron chi connectivity index (χ1n) is 5.82. The fourth-order valence-electron chi connectivity index (χ4n) is 1.63. The van der Waals surface area contributed by atoms with Gasteiger partial charge in [-0.05, 0) is 31.4 Å². The van der Waals surface area contributed by atoms with Gasteiger partial charge in [0.2, 0.25) is 0 Å². The maximum Gasteiger partial charge on any atom is 0.128 e. The number of nitrogens with zero attached hydrogens (tertiary/aromatic N) is 2. The molecule has 0 aliphatic carbocycles. The fourth-order valence-corrected chi connectivity index (χ4v) is 1.96. The molecule has 0 aliphatic rings. The molecule has 3 heteroatoms. The van der Waals surface area contributed by atoms with Crippen LogP contribution < -0.4 is 4.90 Å². The van der Waals surface area contributed by atoms with Crippen molar-refractivity contribution in [3.63, 3.8) is 0 Å². The van der Waals surface area contributed by atoms with Gasteiger partial charge in [-0.1, -0.05) is 35.8 Å². The molecule has 0 aromatic carbocycles. The molecule has 0 aliphatic heterocycles. The molecule has 0 saturated carbocycles. The van der Waals surface area contributed by atoms with Crippen LogP contribution in [0.2, 0.25) is 0 Å². The monoisotopic (exact) mass is 284 g/mol. The first-order valence-corrected chi connectivity index (χ1v) is 6.94. The number of hydrogen-bond acceptors (Lipinski definition) is 2. The highest BCUT2D eigenvalue weighted by Gasteiger charge is 2.12. The predicted octanol–water partition coefficient (Wildman–Crippen LogP) is 3.85. The van der Waals surface area contributed by atoms with Crippen molar-refractivity contribution in [3.05, 3.63) is 23.9 Å². The third-order valence-electron chi connectivity index (χ3n) is 2.44. The Morgan fingerprint density at radius 2 is 1.94 bits per heavy atom. The maximum atomic E-state index is 4.52. The van der Waals surface area contributed by atoms with Crippen LogP contribution in [0.25, 0.3) is 0 Å². The Morgan fingerprint density at radius 3 is 2.31 bits per heavy atom. The predicted molar refractivity (Wildman–Crippen MR) is 74.2 cm³/mol. The van der Waals surface area contributed by atoms with Crippen LogP contribution in [0, 0.1) is 5.92 Å². The van der Waals surface area contributed by atoms with Crippen LogP contribution in [0.4, 0.5) is 5.82 Å². The molecule has 1 aromatic rings. The first-order chi connectivity index (χ1) is 7.54. The zero-order valence-electron chi connectivity index (χ0n) is 10.6. The van der Waals surface area contributed by atoms with E-state index in [0.29, 0.717) is 12.0 Å². The lowest BCUT2D eigenvalue weighted by atomic mass is 10.1. The van der Waals surface area contributed by atoms with E-state index in [4.69, 9.17) is 0 Å². The maximum absolute atomic E-state index is 4.52. The smallest absolute Gasteiger partial charge is 0.128 e. The third kappa shape index (κ3) is 3.78. The summed E-state index contributed by atoms with van der Waals surface area (Å²) in [5.74, 6) is 1.73. The highest BCUT2D eigenvalue weighted by molar-refractivity contribution is 9.08. The van der Waals surface area contributed by atoms with Crippen molar-refractivity contribution in [2.24, 2.45) is 5.92 Å². The minimum Gasteiger partial charge on any atom is -0.354 e. The molecule has 0 unspecified atom stereocenters. The van der Waals surface area contributed by atoms with E-state index in [2.05, 4.69) is 65.6 Å². The standard InChI is InChI=1S/C13H21BrN2/c1-10(2)9-16(11(3)4)13-6-5-12(7-14)8-15-13/h5-6,8,10-11H,7,9H2,1-4H3. The van der Waals surface area contributed by atoms with Crippen molar-refractivity contribution in [1.29, 1.82) is 0 Å². The molecule has 1 rings (SSSR count). The van der Waals surface area contributed by atoms with Gasteiger partial charge in [0.25, 0.3) is 0 Å². The van der Waals surface area contributed by atoms with Gasteiger partial charge in [-0.3, -0.25) is 0 Å². The van der Waals surface area contributed by atoms with Crippen LogP contribution in [0.15, 0.2) is 18.3 Å². The van der Waals surface area contributed by atoms with Gasteiger partial charge in [0.05, 0.1) is 0 Å². The van der Waals surface area contributed by atoms with Crippen molar-refractivity contribution < 1.29 is 0 Å². The number of anilines is 1. The molecule has 0 N–H and O–H groups in total. The SMILES string of the molecule is CC(C)CN(c1ccc(CBr)cn1)C(C)C. The summed E-state index contributed by atoms with van der Waals surface area (Å²) in [6.45, 7) is 9.95. The summed E-state index contributed by atoms with van der Waals surface area (Å²) in [6.07, 6.45) is 1.94. The number of hydrogen-bond donors (Lipinski definition) is 0. The van der Waals surface area contributed by atoms with Crippen LogP contribution in [0.5, 0.6) is 0 Å². The van der Waals surface area contributed by atoms with E-state index in [9.17, 15) is 0 Å². The molecule has 0 bridgehead atoms. The molecule has 2 nitrogen and oxygen atoms in total. The molecule has 0 amide bonds. The van der Waals surface area contributed by atoms with E-state index in [1.165, 1.54) is 5.56 Å². The molecule has 90 valence electrons. The van der Waals surface area contributed by atoms with Gasteiger partial charge in [0.1, 0.15) is 5.82 Å². The van der Waals surface area contributed by atoms with E-state index < -0.39 is 0 Å². The lowest BCUT2D eigenvalue weighted by molar-refractivity contribution is 0.566. The van der Waals surface area contributed by atoms with Crippen LogP contribution in [0.3, 0.4) is 0 Å². The Balaban J connectivity index is 2.84. The topological polar surface area (TPSA) is 16.1 Å². The number of alkyl halides is 1. The van der Waals surface area contributed by atoms with E-state index in [1.807, 2.05) is 6.20 Å². The average Bonchev–Trinajstić information content (AvgIpc) is 2.25. The molecule has 0 atom stereocenters. The minimum atomic E-state index is 0.490. The number of aromatic nitrogens is 1. The minimum absolute atomic E-state index is 0.490. The van der Waals surface area contributed by atoms with E-state index in [-0.39, 0.29) is 0 Å². The first kappa shape index (κ1) is 13.5. The summed E-state index contributed by atoms with van der Waals surface area (Å²) in [5, 5.41) is 0.867. The number of rotatable bonds is 5. The van der Waals surface area contributed by atoms with Gasteiger partial charge in [-0.2, -0.15) is 0 Å². The van der Waals surface area contributed by atoms with E-state index >= 15 is 0 Å². The number of halogens is 1. The van der Waals surface area contributed by atoms with Crippen molar-refractivity contribution in [2.75, 3.05) is 11.4 Å². The molecule has 0 fully saturated rings. The molecular weight excluding hydrogens is 264 g/mol. The third-order valence-corrected chi connectivity index (χ3v) is 3.09. The van der Waals surface area contributed by atoms with E-state index in [0.717, 1.165) is 17.7 Å². The van der Waals surface area contributed by atoms with Crippen LogP contribution in [-0.4, -0.2) is 17.6 Å². The van der Waals surface area contributed by atoms with Gasteiger partial charge in [-0.15, -0.1) is 0 Å². The van der Waals surface area contributed by atoms with Crippen molar-refractivity contribution in [1.82, 2.24) is 4.98 Å². The number of pyridine rings is 1. The highest BCUT2D eigenvalue weighted by Crippen LogP contribution is 2.17. The molecule has 0 spiro atoms. The lowest BCUT2D eigenvalue weighted by Gasteiger charge is -2.29. The average molecular weight is 285 g/mol. The summed E-state index contributed by atoms with van der Waals surface area (Å²) in [7, 11) is 0. The largest absolute Gasteiger partial charge is 0.354 e. The van der Waals surface area contributed by atoms with Crippen LogP contribution >= 0.6 is 15.9 Å². The van der Waals surface area contributed by atoms with Gasteiger partial charge in [0.15, 0.2) is 0 Å². The van der Waals surface area contributed by atoms with Gasteiger partial charge < -0.3 is 4.90 Å². The second-order valence-corrected chi connectivity index (χ2v) is 5.36. The zero-order valence-corrected chi connectivity index (χ0v) is 12.2. The molecule has 16 heavy (non-hydrogen) atoms. The summed E-state index contributed by atoms with van der Waals surface area (Å²) < 4.78 is 0. The molecule has 1 aromatic heterocycles. The van der Waals surface area contributed by atoms with Crippen molar-refractivity contribution in [3.8, 4) is 0 Å². The Labute approximate surface area is 107 Å². The highest BCUT2D eigenvalue weighted by atomic mass is 79.9. The fraction of sp³-hybridized carbons (Fsp3) is 0.615.